The zero-order valence-electron chi connectivity index (χ0n) is 21.9. The quantitative estimate of drug-likeness (QED) is 0.211. The zero-order chi connectivity index (χ0) is 26.2. The van der Waals surface area contributed by atoms with Gasteiger partial charge in [-0.1, -0.05) is 97.1 Å². The first-order valence-corrected chi connectivity index (χ1v) is 14.8. The SMILES string of the molecule is c1ccc2c(c1)CCc1ccc3sc4c(-c5ccc(-n6c7ccccc7c7ccccc76)cc5)cccc4c3c1-2. The highest BCUT2D eigenvalue weighted by Gasteiger charge is 2.22. The summed E-state index contributed by atoms with van der Waals surface area (Å²) in [6.45, 7) is 0. The maximum absolute atomic E-state index is 2.39. The van der Waals surface area contributed by atoms with Crippen molar-refractivity contribution in [1.29, 1.82) is 0 Å². The average Bonchev–Trinajstić information content (AvgIpc) is 3.57. The molecule has 6 aromatic carbocycles. The van der Waals surface area contributed by atoms with Crippen LogP contribution in [0.1, 0.15) is 11.1 Å². The van der Waals surface area contributed by atoms with Crippen molar-refractivity contribution in [2.24, 2.45) is 0 Å². The van der Waals surface area contributed by atoms with E-state index in [-0.39, 0.29) is 0 Å². The first-order chi connectivity index (χ1) is 19.8. The van der Waals surface area contributed by atoms with E-state index in [0.717, 1.165) is 12.8 Å². The fourth-order valence-electron chi connectivity index (χ4n) is 6.92. The predicted molar refractivity (Wildman–Crippen MR) is 172 cm³/mol. The molecule has 0 fully saturated rings. The van der Waals surface area contributed by atoms with Crippen molar-refractivity contribution in [1.82, 2.24) is 4.57 Å². The fourth-order valence-corrected chi connectivity index (χ4v) is 8.16. The summed E-state index contributed by atoms with van der Waals surface area (Å²) in [4.78, 5) is 0. The van der Waals surface area contributed by atoms with Crippen LogP contribution in [0.15, 0.2) is 127 Å². The zero-order valence-corrected chi connectivity index (χ0v) is 22.7. The van der Waals surface area contributed by atoms with Crippen molar-refractivity contribution in [3.8, 4) is 27.9 Å². The highest BCUT2D eigenvalue weighted by atomic mass is 32.1. The van der Waals surface area contributed by atoms with Crippen LogP contribution in [0, 0.1) is 0 Å². The maximum Gasteiger partial charge on any atom is 0.0541 e. The van der Waals surface area contributed by atoms with Crippen molar-refractivity contribution in [2.45, 2.75) is 12.8 Å². The molecule has 0 saturated carbocycles. The Morgan fingerprint density at radius 3 is 1.95 bits per heavy atom. The second-order valence-electron chi connectivity index (χ2n) is 10.8. The van der Waals surface area contributed by atoms with Gasteiger partial charge in [0, 0.05) is 36.6 Å². The molecule has 188 valence electrons. The van der Waals surface area contributed by atoms with Crippen molar-refractivity contribution in [3.63, 3.8) is 0 Å². The Labute approximate surface area is 236 Å². The first kappa shape index (κ1) is 22.2. The summed E-state index contributed by atoms with van der Waals surface area (Å²) in [5.41, 5.74) is 12.1. The highest BCUT2D eigenvalue weighted by molar-refractivity contribution is 7.26. The van der Waals surface area contributed by atoms with Gasteiger partial charge in [-0.05, 0) is 76.6 Å². The van der Waals surface area contributed by atoms with Crippen LogP contribution in [0.3, 0.4) is 0 Å². The Bertz CT molecular complexity index is 2210. The van der Waals surface area contributed by atoms with Crippen LogP contribution in [0.5, 0.6) is 0 Å². The molecule has 2 heteroatoms. The Kier molecular flexibility index (Phi) is 4.67. The van der Waals surface area contributed by atoms with Gasteiger partial charge in [0.15, 0.2) is 0 Å². The lowest BCUT2D eigenvalue weighted by atomic mass is 9.83. The molecule has 1 aliphatic rings. The Morgan fingerprint density at radius 2 is 1.15 bits per heavy atom. The third-order valence-corrected chi connectivity index (χ3v) is 9.92. The second-order valence-corrected chi connectivity index (χ2v) is 11.9. The van der Waals surface area contributed by atoms with Gasteiger partial charge >= 0.3 is 0 Å². The summed E-state index contributed by atoms with van der Waals surface area (Å²) >= 11 is 1.93. The number of para-hydroxylation sites is 2. The lowest BCUT2D eigenvalue weighted by Gasteiger charge is -2.21. The van der Waals surface area contributed by atoms with Gasteiger partial charge in [-0.25, -0.2) is 0 Å². The lowest BCUT2D eigenvalue weighted by Crippen LogP contribution is -2.03. The average molecular weight is 528 g/mol. The van der Waals surface area contributed by atoms with Crippen molar-refractivity contribution in [2.75, 3.05) is 0 Å². The standard InChI is InChI=1S/C38H25NS/c1-2-9-28-24(8-1)16-17-26-20-23-35-37(36(26)28)32-13-7-12-29(38(32)40-35)25-18-21-27(22-19-25)39-33-14-5-3-10-30(33)31-11-4-6-15-34(31)39/h1-15,18-23H,16-17H2. The second kappa shape index (κ2) is 8.42. The maximum atomic E-state index is 2.39. The molecule has 1 nitrogen and oxygen atoms in total. The fraction of sp³-hybridized carbons (Fsp3) is 0.0526. The van der Waals surface area contributed by atoms with Gasteiger partial charge in [0.25, 0.3) is 0 Å². The number of nitrogens with zero attached hydrogens (tertiary/aromatic N) is 1. The number of hydrogen-bond donors (Lipinski definition) is 0. The van der Waals surface area contributed by atoms with E-state index < -0.39 is 0 Å². The molecule has 0 amide bonds. The van der Waals surface area contributed by atoms with E-state index >= 15 is 0 Å². The minimum absolute atomic E-state index is 1.11. The van der Waals surface area contributed by atoms with Crippen LogP contribution in [0.2, 0.25) is 0 Å². The molecule has 0 N–H and O–H groups in total. The number of aromatic nitrogens is 1. The number of hydrogen-bond acceptors (Lipinski definition) is 1. The summed E-state index contributed by atoms with van der Waals surface area (Å²) in [7, 11) is 0. The summed E-state index contributed by atoms with van der Waals surface area (Å²) < 4.78 is 5.14. The highest BCUT2D eigenvalue weighted by Crippen LogP contribution is 2.47. The van der Waals surface area contributed by atoms with Crippen molar-refractivity contribution < 1.29 is 0 Å². The molecule has 9 rings (SSSR count). The molecule has 0 spiro atoms. The molecule has 2 heterocycles. The molecule has 2 aromatic heterocycles. The van der Waals surface area contributed by atoms with Crippen LogP contribution in [-0.4, -0.2) is 4.57 Å². The molecular weight excluding hydrogens is 502 g/mol. The van der Waals surface area contributed by atoms with Crippen LogP contribution < -0.4 is 0 Å². The predicted octanol–water partition coefficient (Wildman–Crippen LogP) is 10.6. The van der Waals surface area contributed by atoms with E-state index in [1.165, 1.54) is 81.0 Å². The van der Waals surface area contributed by atoms with Crippen molar-refractivity contribution >= 4 is 53.3 Å². The summed E-state index contributed by atoms with van der Waals surface area (Å²) in [6, 6.07) is 47.1. The molecule has 0 unspecified atom stereocenters. The van der Waals surface area contributed by atoms with E-state index in [1.807, 2.05) is 11.3 Å². The Balaban J connectivity index is 1.23. The van der Waals surface area contributed by atoms with Gasteiger partial charge < -0.3 is 4.57 Å². The minimum Gasteiger partial charge on any atom is -0.309 e. The number of rotatable bonds is 2. The number of thiophene rings is 1. The number of benzene rings is 6. The molecule has 0 bridgehead atoms. The van der Waals surface area contributed by atoms with Crippen LogP contribution >= 0.6 is 11.3 Å². The molecule has 8 aromatic rings. The summed E-state index contributed by atoms with van der Waals surface area (Å²) in [5.74, 6) is 0. The smallest absolute Gasteiger partial charge is 0.0541 e. The molecule has 0 atom stereocenters. The van der Waals surface area contributed by atoms with Gasteiger partial charge in [-0.2, -0.15) is 0 Å². The van der Waals surface area contributed by atoms with Gasteiger partial charge in [-0.3, -0.25) is 0 Å². The van der Waals surface area contributed by atoms with Gasteiger partial charge in [0.1, 0.15) is 0 Å². The minimum atomic E-state index is 1.11. The molecule has 0 radical (unpaired) electrons. The number of fused-ring (bicyclic) bond motifs is 10. The lowest BCUT2D eigenvalue weighted by molar-refractivity contribution is 0.945. The van der Waals surface area contributed by atoms with Crippen molar-refractivity contribution in [3.05, 3.63) is 139 Å². The van der Waals surface area contributed by atoms with Gasteiger partial charge in [0.05, 0.1) is 11.0 Å². The van der Waals surface area contributed by atoms with Gasteiger partial charge in [-0.15, -0.1) is 11.3 Å². The van der Waals surface area contributed by atoms with Gasteiger partial charge in [0.2, 0.25) is 0 Å². The van der Waals surface area contributed by atoms with E-state index in [0.29, 0.717) is 0 Å². The first-order valence-electron chi connectivity index (χ1n) is 14.0. The summed E-state index contributed by atoms with van der Waals surface area (Å²) in [6.07, 6.45) is 2.24. The Morgan fingerprint density at radius 1 is 0.500 bits per heavy atom. The topological polar surface area (TPSA) is 4.93 Å². The van der Waals surface area contributed by atoms with E-state index in [4.69, 9.17) is 0 Å². The van der Waals surface area contributed by atoms with E-state index in [9.17, 15) is 0 Å². The monoisotopic (exact) mass is 527 g/mol. The molecule has 40 heavy (non-hydrogen) atoms. The van der Waals surface area contributed by atoms with E-state index in [2.05, 4.69) is 132 Å². The normalized spacial score (nSPS) is 12.8. The third-order valence-electron chi connectivity index (χ3n) is 8.72. The van der Waals surface area contributed by atoms with Crippen LogP contribution in [0.25, 0.3) is 69.9 Å². The van der Waals surface area contributed by atoms with Crippen LogP contribution in [0.4, 0.5) is 0 Å². The molecular formula is C38H25NS. The van der Waals surface area contributed by atoms with Crippen LogP contribution in [-0.2, 0) is 12.8 Å². The largest absolute Gasteiger partial charge is 0.309 e. The number of aryl methyl sites for hydroxylation is 2. The Hall–Kier alpha value is -4.66. The summed E-state index contributed by atoms with van der Waals surface area (Å²) in [5, 5.41) is 5.38. The molecule has 1 aliphatic carbocycles. The molecule has 0 aliphatic heterocycles. The van der Waals surface area contributed by atoms with E-state index in [1.54, 1.807) is 0 Å². The third kappa shape index (κ3) is 3.08. The molecule has 0 saturated heterocycles.